The van der Waals surface area contributed by atoms with E-state index in [-0.39, 0.29) is 48.9 Å². The molecule has 0 unspecified atom stereocenters. The summed E-state index contributed by atoms with van der Waals surface area (Å²) in [5, 5.41) is 13.6. The number of carbonyl (C=O) groups excluding carboxylic acids is 1. The van der Waals surface area contributed by atoms with Crippen LogP contribution >= 0.6 is 11.3 Å². The Balaban J connectivity index is 0.000000403. The number of carbonyl (C=O) groups is 1. The van der Waals surface area contributed by atoms with Crippen LogP contribution in [0.25, 0.3) is 42.6 Å². The van der Waals surface area contributed by atoms with Gasteiger partial charge < -0.3 is 5.11 Å². The topological polar surface area (TPSA) is 50.2 Å². The Morgan fingerprint density at radius 2 is 1.53 bits per heavy atom. The van der Waals surface area contributed by atoms with Gasteiger partial charge in [0.15, 0.2) is 5.78 Å². The van der Waals surface area contributed by atoms with Crippen LogP contribution in [0.15, 0.2) is 60.5 Å². The zero-order valence-corrected chi connectivity index (χ0v) is 37.7. The smallest absolute Gasteiger partial charge is 0.162 e. The molecule has 0 aliphatic heterocycles. The monoisotopic (exact) mass is 909 g/mol. The predicted octanol–water partition coefficient (Wildman–Crippen LogP) is 14.4. The maximum atomic E-state index is 11.7. The van der Waals surface area contributed by atoms with Crippen molar-refractivity contribution >= 4 is 38.0 Å². The summed E-state index contributed by atoms with van der Waals surface area (Å²) < 4.78 is 1.25. The zero-order valence-electron chi connectivity index (χ0n) is 34.5. The molecule has 0 saturated heterocycles. The fourth-order valence-corrected chi connectivity index (χ4v) is 8.92. The van der Waals surface area contributed by atoms with Crippen LogP contribution in [-0.2, 0) is 31.3 Å². The van der Waals surface area contributed by atoms with Crippen molar-refractivity contribution in [2.75, 3.05) is 0 Å². The molecule has 5 aromatic rings. The van der Waals surface area contributed by atoms with Crippen molar-refractivity contribution in [1.29, 1.82) is 0 Å². The molecule has 5 rings (SSSR count). The van der Waals surface area contributed by atoms with Gasteiger partial charge in [-0.25, -0.2) is 0 Å². The summed E-state index contributed by atoms with van der Waals surface area (Å²) in [5.41, 5.74) is 11.8. The Morgan fingerprint density at radius 1 is 0.887 bits per heavy atom. The largest absolute Gasteiger partial charge is 0.512 e. The molecule has 2 heterocycles. The number of fused-ring (bicyclic) bond motifs is 2. The first-order valence-electron chi connectivity index (χ1n) is 19.4. The molecule has 287 valence electrons. The summed E-state index contributed by atoms with van der Waals surface area (Å²) in [5.74, 6) is 0.970. The van der Waals surface area contributed by atoms with Crippen LogP contribution in [-0.4, -0.2) is 15.9 Å². The van der Waals surface area contributed by atoms with Crippen molar-refractivity contribution in [1.82, 2.24) is 4.98 Å². The summed E-state index contributed by atoms with van der Waals surface area (Å²) in [6.45, 7) is 28.5. The van der Waals surface area contributed by atoms with Crippen LogP contribution in [0, 0.1) is 51.0 Å². The Kier molecular flexibility index (Phi) is 15.8. The van der Waals surface area contributed by atoms with Gasteiger partial charge in [-0.2, -0.15) is 0 Å². The fraction of sp³-hybridized carbons (Fsp3) is 0.458. The number of thiophene rings is 1. The average molecular weight is 909 g/mol. The van der Waals surface area contributed by atoms with E-state index in [1.165, 1.54) is 70.8 Å². The summed E-state index contributed by atoms with van der Waals surface area (Å²) in [6, 6.07) is 19.8. The number of allylic oxidation sites excluding steroid dienone is 2. The Labute approximate surface area is 338 Å². The van der Waals surface area contributed by atoms with E-state index in [9.17, 15) is 9.90 Å². The summed E-state index contributed by atoms with van der Waals surface area (Å²) in [4.78, 5) is 18.0. The number of nitrogens with zero attached hydrogens (tertiary/aromatic N) is 1. The van der Waals surface area contributed by atoms with Crippen molar-refractivity contribution < 1.29 is 30.0 Å². The van der Waals surface area contributed by atoms with Crippen molar-refractivity contribution in [3.63, 3.8) is 0 Å². The van der Waals surface area contributed by atoms with Crippen LogP contribution in [0.2, 0.25) is 0 Å². The molecular weight excluding hydrogens is 847 g/mol. The van der Waals surface area contributed by atoms with Gasteiger partial charge in [0.1, 0.15) is 0 Å². The summed E-state index contributed by atoms with van der Waals surface area (Å²) >= 11 is 1.88. The molecule has 0 spiro atoms. The van der Waals surface area contributed by atoms with Crippen LogP contribution in [0.1, 0.15) is 127 Å². The summed E-state index contributed by atoms with van der Waals surface area (Å²) in [6.07, 6.45) is 7.96. The van der Waals surface area contributed by atoms with E-state index in [1.807, 2.05) is 45.2 Å². The molecular formula is C48H62IrNO2S-. The number of aliphatic hydroxyl groups excluding tert-OH is 1. The number of hydrogen-bond donors (Lipinski definition) is 1. The van der Waals surface area contributed by atoms with Gasteiger partial charge in [-0.3, -0.25) is 9.78 Å². The van der Waals surface area contributed by atoms with Crippen LogP contribution < -0.4 is 0 Å². The molecule has 3 nitrogen and oxygen atoms in total. The number of rotatable bonds is 11. The van der Waals surface area contributed by atoms with Gasteiger partial charge in [-0.1, -0.05) is 109 Å². The van der Waals surface area contributed by atoms with Crippen molar-refractivity contribution in [3.8, 4) is 21.7 Å². The van der Waals surface area contributed by atoms with E-state index in [2.05, 4.69) is 111 Å². The van der Waals surface area contributed by atoms with Crippen LogP contribution in [0.3, 0.4) is 0 Å². The van der Waals surface area contributed by atoms with E-state index in [0.29, 0.717) is 5.92 Å². The van der Waals surface area contributed by atoms with Gasteiger partial charge >= 0.3 is 0 Å². The Morgan fingerprint density at radius 3 is 2.09 bits per heavy atom. The van der Waals surface area contributed by atoms with Crippen molar-refractivity contribution in [2.45, 2.75) is 128 Å². The standard InChI is InChI=1S/C35H38NS.C13H24O2.Ir/c1-20(2)30-18-27(17-26-15-21(3)14-23(5)31(26)30)32-34-29(12-13-36-32)24(6)33(37-34)28-11-10-25(16-22(28)4)19-35(7,8)9;1-5-10(6-2)12(14)9-13(15)11(7-3)8-4;/h10-16,18,20H,19H2,1-9H3;9-11,14H,5-8H2,1-4H3;/q-1;;/b;12-9-;. The molecule has 1 radical (unpaired) electrons. The molecule has 0 amide bonds. The van der Waals surface area contributed by atoms with Gasteiger partial charge in [-0.05, 0) is 105 Å². The maximum absolute atomic E-state index is 11.7. The van der Waals surface area contributed by atoms with Gasteiger partial charge in [-0.15, -0.1) is 40.5 Å². The van der Waals surface area contributed by atoms with Gasteiger partial charge in [0.25, 0.3) is 0 Å². The first-order chi connectivity index (χ1) is 24.5. The normalized spacial score (nSPS) is 12.1. The van der Waals surface area contributed by atoms with Crippen molar-refractivity contribution in [3.05, 3.63) is 99.9 Å². The van der Waals surface area contributed by atoms with Gasteiger partial charge in [0.05, 0.1) is 5.76 Å². The molecule has 0 aliphatic rings. The number of benzene rings is 3. The number of aryl methyl sites for hydroxylation is 4. The van der Waals surface area contributed by atoms with E-state index < -0.39 is 0 Å². The summed E-state index contributed by atoms with van der Waals surface area (Å²) in [7, 11) is 0. The Hall–Kier alpha value is -3.11. The third-order valence-electron chi connectivity index (χ3n) is 10.4. The third-order valence-corrected chi connectivity index (χ3v) is 11.8. The number of aromatic nitrogens is 1. The third kappa shape index (κ3) is 10.6. The zero-order chi connectivity index (χ0) is 38.5. The molecule has 0 fully saturated rings. The maximum Gasteiger partial charge on any atom is 0.162 e. The minimum atomic E-state index is 0. The van der Waals surface area contributed by atoms with E-state index in [1.54, 1.807) is 0 Å². The predicted molar refractivity (Wildman–Crippen MR) is 227 cm³/mol. The minimum Gasteiger partial charge on any atom is -0.512 e. The quantitative estimate of drug-likeness (QED) is 0.0816. The Bertz CT molecular complexity index is 2050. The molecule has 3 aromatic carbocycles. The molecule has 5 heteroatoms. The van der Waals surface area contributed by atoms with Crippen LogP contribution in [0.5, 0.6) is 0 Å². The molecule has 0 atom stereocenters. The molecule has 0 bridgehead atoms. The fourth-order valence-electron chi connectivity index (χ4n) is 7.52. The first-order valence-corrected chi connectivity index (χ1v) is 20.2. The van der Waals surface area contributed by atoms with E-state index in [4.69, 9.17) is 4.98 Å². The molecule has 1 N–H and O–H groups in total. The molecule has 53 heavy (non-hydrogen) atoms. The van der Waals surface area contributed by atoms with Crippen molar-refractivity contribution in [2.24, 2.45) is 17.3 Å². The SMILES string of the molecule is CCC(CC)C(=O)/C=C(\O)C(CC)CC.Cc1cc(C)c2c(C(C)C)cc(-c3nccc4c(C)c(-c5ccc(CC(C)(C)C)cc5C)sc34)[c-]c2c1.[Ir]. The molecule has 0 saturated carbocycles. The second-order valence-electron chi connectivity index (χ2n) is 16.3. The van der Waals surface area contributed by atoms with Gasteiger partial charge in [0.2, 0.25) is 0 Å². The van der Waals surface area contributed by atoms with E-state index >= 15 is 0 Å². The number of ketones is 1. The second-order valence-corrected chi connectivity index (χ2v) is 17.3. The number of aliphatic hydroxyl groups is 1. The van der Waals surface area contributed by atoms with E-state index in [0.717, 1.165) is 43.4 Å². The second kappa shape index (κ2) is 19.0. The first kappa shape index (κ1) is 44.3. The number of pyridine rings is 1. The molecule has 0 aliphatic carbocycles. The minimum absolute atomic E-state index is 0. The average Bonchev–Trinajstić information content (AvgIpc) is 3.40. The van der Waals surface area contributed by atoms with Gasteiger partial charge in [0, 0.05) is 59.5 Å². The van der Waals surface area contributed by atoms with Crippen LogP contribution in [0.4, 0.5) is 0 Å². The number of hydrogen-bond acceptors (Lipinski definition) is 4. The molecule has 2 aromatic heterocycles.